The molecule has 1 saturated heterocycles. The Morgan fingerprint density at radius 2 is 1.93 bits per heavy atom. The molecule has 0 aromatic heterocycles. The molecular weight excluding hydrogens is 430 g/mol. The van der Waals surface area contributed by atoms with Crippen molar-refractivity contribution in [1.82, 2.24) is 5.32 Å². The Balaban J connectivity index is 1.88. The molecule has 1 aliphatic rings. The Labute approximate surface area is 169 Å². The number of aliphatic imine (C=N–C) groups is 1. The minimum Gasteiger partial charge on any atom is -0.301 e. The molecule has 2 amide bonds. The number of nitrogens with one attached hydrogen (secondary N) is 1. The Kier molecular flexibility index (Phi) is 5.57. The van der Waals surface area contributed by atoms with Crippen molar-refractivity contribution in [2.45, 2.75) is 6.92 Å². The fraction of sp³-hybridized carbons (Fsp3) is 0.105. The van der Waals surface area contributed by atoms with E-state index in [9.17, 15) is 14.4 Å². The summed E-state index contributed by atoms with van der Waals surface area (Å²) in [4.78, 5) is 42.0. The van der Waals surface area contributed by atoms with Crippen LogP contribution in [0.1, 0.15) is 17.3 Å². The van der Waals surface area contributed by atoms with Crippen molar-refractivity contribution < 1.29 is 14.4 Å². The van der Waals surface area contributed by atoms with E-state index in [2.05, 4.69) is 26.2 Å². The summed E-state index contributed by atoms with van der Waals surface area (Å²) < 4.78 is 0.856. The number of carbonyl (C=O) groups is 3. The lowest BCUT2D eigenvalue weighted by Gasteiger charge is -2.30. The summed E-state index contributed by atoms with van der Waals surface area (Å²) >= 11 is 8.49. The van der Waals surface area contributed by atoms with Crippen molar-refractivity contribution in [2.75, 3.05) is 4.90 Å². The summed E-state index contributed by atoms with van der Waals surface area (Å²) in [6.07, 6.45) is 1.27. The van der Waals surface area contributed by atoms with Gasteiger partial charge in [-0.15, -0.1) is 0 Å². The van der Waals surface area contributed by atoms with Gasteiger partial charge in [0, 0.05) is 16.3 Å². The van der Waals surface area contributed by atoms with E-state index in [0.29, 0.717) is 16.9 Å². The van der Waals surface area contributed by atoms with E-state index in [1.807, 2.05) is 0 Å². The maximum atomic E-state index is 12.8. The molecule has 0 aliphatic carbocycles. The van der Waals surface area contributed by atoms with Crippen LogP contribution in [0.5, 0.6) is 0 Å². The molecule has 1 aliphatic heterocycles. The van der Waals surface area contributed by atoms with Crippen molar-refractivity contribution >= 4 is 68.4 Å². The van der Waals surface area contributed by atoms with E-state index < -0.39 is 17.7 Å². The van der Waals surface area contributed by atoms with Crippen LogP contribution in [0.3, 0.4) is 0 Å². The lowest BCUT2D eigenvalue weighted by atomic mass is 10.1. The third-order valence-electron chi connectivity index (χ3n) is 3.91. The third-order valence-corrected chi connectivity index (χ3v) is 4.73. The van der Waals surface area contributed by atoms with Gasteiger partial charge in [-0.3, -0.25) is 24.3 Å². The van der Waals surface area contributed by atoms with E-state index >= 15 is 0 Å². The lowest BCUT2D eigenvalue weighted by molar-refractivity contribution is -0.130. The van der Waals surface area contributed by atoms with Crippen LogP contribution in [-0.4, -0.2) is 28.9 Å². The van der Waals surface area contributed by atoms with Crippen LogP contribution in [0, 0.1) is 5.92 Å². The molecule has 0 saturated carbocycles. The monoisotopic (exact) mass is 443 g/mol. The fourth-order valence-corrected chi connectivity index (χ4v) is 3.08. The first-order chi connectivity index (χ1) is 12.9. The quantitative estimate of drug-likeness (QED) is 0.339. The number of Topliss-reactive ketones (excluding diaryl/α,β-unsaturated/α-hetero) is 1. The average Bonchev–Trinajstić information content (AvgIpc) is 2.63. The van der Waals surface area contributed by atoms with Crippen molar-refractivity contribution in [3.8, 4) is 0 Å². The van der Waals surface area contributed by atoms with E-state index in [-0.39, 0.29) is 10.9 Å². The van der Waals surface area contributed by atoms with Crippen LogP contribution in [-0.2, 0) is 9.59 Å². The fourth-order valence-electron chi connectivity index (χ4n) is 2.52. The van der Waals surface area contributed by atoms with Crippen LogP contribution in [0.15, 0.2) is 58.0 Å². The number of hydrogen-bond donors (Lipinski definition) is 1. The smallest absolute Gasteiger partial charge is 0.251 e. The maximum absolute atomic E-state index is 12.8. The second kappa shape index (κ2) is 7.89. The van der Waals surface area contributed by atoms with Gasteiger partial charge in [-0.2, -0.15) is 0 Å². The Morgan fingerprint density at radius 1 is 1.22 bits per heavy atom. The summed E-state index contributed by atoms with van der Waals surface area (Å²) in [5.74, 6) is -2.24. The van der Waals surface area contributed by atoms with Gasteiger partial charge in [0.05, 0.1) is 11.4 Å². The second-order valence-corrected chi connectivity index (χ2v) is 7.11. The molecule has 0 bridgehead atoms. The molecular formula is C19H14BrN3O3S. The number of ketones is 1. The number of halogens is 1. The minimum absolute atomic E-state index is 0.0237. The lowest BCUT2D eigenvalue weighted by Crippen LogP contribution is -2.58. The molecule has 1 fully saturated rings. The second-order valence-electron chi connectivity index (χ2n) is 5.81. The van der Waals surface area contributed by atoms with Crippen molar-refractivity contribution in [3.05, 3.63) is 58.6 Å². The van der Waals surface area contributed by atoms with Gasteiger partial charge in [0.15, 0.2) is 16.8 Å². The van der Waals surface area contributed by atoms with Crippen molar-refractivity contribution in [1.29, 1.82) is 0 Å². The van der Waals surface area contributed by atoms with Crippen LogP contribution in [0.4, 0.5) is 11.4 Å². The number of nitrogens with zero attached hydrogens (tertiary/aromatic N) is 2. The summed E-state index contributed by atoms with van der Waals surface area (Å²) in [5.41, 5.74) is 1.53. The first-order valence-electron chi connectivity index (χ1n) is 7.96. The van der Waals surface area contributed by atoms with Crippen LogP contribution < -0.4 is 10.2 Å². The molecule has 27 heavy (non-hydrogen) atoms. The van der Waals surface area contributed by atoms with Gasteiger partial charge in [0.1, 0.15) is 0 Å². The van der Waals surface area contributed by atoms with Crippen LogP contribution in [0.25, 0.3) is 0 Å². The molecule has 3 rings (SSSR count). The highest BCUT2D eigenvalue weighted by Crippen LogP contribution is 2.23. The normalized spacial score (nSPS) is 17.3. The topological polar surface area (TPSA) is 78.8 Å². The average molecular weight is 444 g/mol. The number of anilines is 1. The van der Waals surface area contributed by atoms with Crippen molar-refractivity contribution in [3.63, 3.8) is 0 Å². The van der Waals surface area contributed by atoms with Gasteiger partial charge in [0.2, 0.25) is 5.91 Å². The van der Waals surface area contributed by atoms with Gasteiger partial charge in [-0.1, -0.05) is 28.1 Å². The standard InChI is InChI=1S/C19H14BrN3O3S/c1-11(24)12-3-2-4-14(9-12)21-10-16-17(25)22-19(27)23(18(16)26)15-7-5-13(20)6-8-15/h2-10,16H,1H3,(H,22,25,27)/t16-/m0/s1. The zero-order chi connectivity index (χ0) is 19.6. The predicted molar refractivity (Wildman–Crippen MR) is 110 cm³/mol. The molecule has 136 valence electrons. The summed E-state index contributed by atoms with van der Waals surface area (Å²) in [7, 11) is 0. The molecule has 1 heterocycles. The Bertz CT molecular complexity index is 972. The maximum Gasteiger partial charge on any atom is 0.251 e. The largest absolute Gasteiger partial charge is 0.301 e. The molecule has 1 N–H and O–H groups in total. The van der Waals surface area contributed by atoms with Crippen molar-refractivity contribution in [2.24, 2.45) is 10.9 Å². The Morgan fingerprint density at radius 3 is 2.59 bits per heavy atom. The number of rotatable bonds is 4. The highest BCUT2D eigenvalue weighted by Gasteiger charge is 2.38. The molecule has 1 atom stereocenters. The third kappa shape index (κ3) is 4.17. The molecule has 8 heteroatoms. The minimum atomic E-state index is -1.12. The number of hydrogen-bond acceptors (Lipinski definition) is 5. The van der Waals surface area contributed by atoms with Gasteiger partial charge in [-0.05, 0) is 55.5 Å². The highest BCUT2D eigenvalue weighted by molar-refractivity contribution is 9.10. The molecule has 2 aromatic rings. The van der Waals surface area contributed by atoms with Gasteiger partial charge in [-0.25, -0.2) is 0 Å². The number of benzene rings is 2. The molecule has 0 unspecified atom stereocenters. The first kappa shape index (κ1) is 19.1. The van der Waals surface area contributed by atoms with Crippen LogP contribution in [0.2, 0.25) is 0 Å². The van der Waals surface area contributed by atoms with Crippen LogP contribution >= 0.6 is 28.1 Å². The summed E-state index contributed by atoms with van der Waals surface area (Å²) in [5, 5.41) is 2.55. The summed E-state index contributed by atoms with van der Waals surface area (Å²) in [6, 6.07) is 13.6. The molecule has 0 radical (unpaired) electrons. The Hall–Kier alpha value is -2.71. The molecule has 0 spiro atoms. The first-order valence-corrected chi connectivity index (χ1v) is 9.16. The highest BCUT2D eigenvalue weighted by atomic mass is 79.9. The van der Waals surface area contributed by atoms with Gasteiger partial charge in [0.25, 0.3) is 5.91 Å². The summed E-state index contributed by atoms with van der Waals surface area (Å²) in [6.45, 7) is 1.46. The van der Waals surface area contributed by atoms with E-state index in [1.54, 1.807) is 48.5 Å². The molecule has 2 aromatic carbocycles. The van der Waals surface area contributed by atoms with Gasteiger partial charge < -0.3 is 5.32 Å². The predicted octanol–water partition coefficient (Wildman–Crippen LogP) is 3.42. The zero-order valence-corrected chi connectivity index (χ0v) is 16.6. The van der Waals surface area contributed by atoms with E-state index in [4.69, 9.17) is 12.2 Å². The number of amides is 2. The molecule has 6 nitrogen and oxygen atoms in total. The number of carbonyl (C=O) groups excluding carboxylic acids is 3. The zero-order valence-electron chi connectivity index (χ0n) is 14.2. The van der Waals surface area contributed by atoms with E-state index in [1.165, 1.54) is 18.0 Å². The van der Waals surface area contributed by atoms with E-state index in [0.717, 1.165) is 4.47 Å². The SMILES string of the molecule is CC(=O)c1cccc(N=C[C@H]2C(=O)NC(=S)N(c3ccc(Br)cc3)C2=O)c1. The number of thiocarbonyl (C=S) groups is 1. The van der Waals surface area contributed by atoms with Gasteiger partial charge >= 0.3 is 0 Å².